The first kappa shape index (κ1) is 15.2. The molecule has 7 nitrogen and oxygen atoms in total. The Morgan fingerprint density at radius 1 is 1.37 bits per heavy atom. The molecule has 0 unspecified atom stereocenters. The molecule has 1 aromatic rings. The molecule has 0 aliphatic carbocycles. The van der Waals surface area contributed by atoms with Gasteiger partial charge in [0.2, 0.25) is 10.0 Å². The van der Waals surface area contributed by atoms with Gasteiger partial charge in [0.1, 0.15) is 5.60 Å². The van der Waals surface area contributed by atoms with Gasteiger partial charge < -0.3 is 4.74 Å². The number of anilines is 2. The largest absolute Gasteiger partial charge is 0.444 e. The highest BCUT2D eigenvalue weighted by Gasteiger charge is 2.18. The van der Waals surface area contributed by atoms with E-state index in [-0.39, 0.29) is 11.5 Å². The van der Waals surface area contributed by atoms with Gasteiger partial charge in [-0.3, -0.25) is 10.0 Å². The zero-order chi connectivity index (χ0) is 14.7. The van der Waals surface area contributed by atoms with E-state index in [1.807, 2.05) is 0 Å². The molecule has 0 atom stereocenters. The van der Waals surface area contributed by atoms with Crippen molar-refractivity contribution in [1.82, 2.24) is 4.98 Å². The average molecular weight is 287 g/mol. The topological polar surface area (TPSA) is 97.4 Å². The normalized spacial score (nSPS) is 11.8. The first-order chi connectivity index (χ1) is 8.57. The number of hydrogen-bond acceptors (Lipinski definition) is 5. The second kappa shape index (κ2) is 5.43. The van der Waals surface area contributed by atoms with Gasteiger partial charge >= 0.3 is 6.09 Å². The van der Waals surface area contributed by atoms with Crippen LogP contribution in [0.5, 0.6) is 0 Å². The van der Waals surface area contributed by atoms with Crippen LogP contribution in [-0.4, -0.2) is 31.4 Å². The zero-order valence-corrected chi connectivity index (χ0v) is 12.0. The predicted octanol–water partition coefficient (Wildman–Crippen LogP) is 1.80. The van der Waals surface area contributed by atoms with E-state index in [1.54, 1.807) is 26.8 Å². The van der Waals surface area contributed by atoms with Gasteiger partial charge in [0.25, 0.3) is 0 Å². The molecule has 19 heavy (non-hydrogen) atoms. The fraction of sp³-hybridized carbons (Fsp3) is 0.455. The molecular weight excluding hydrogens is 270 g/mol. The highest BCUT2D eigenvalue weighted by atomic mass is 32.2. The quantitative estimate of drug-likeness (QED) is 0.883. The summed E-state index contributed by atoms with van der Waals surface area (Å²) in [6.07, 6.45) is 1.74. The van der Waals surface area contributed by atoms with Crippen LogP contribution in [0.2, 0.25) is 0 Å². The number of pyridine rings is 1. The summed E-state index contributed by atoms with van der Waals surface area (Å²) < 4.78 is 29.7. The van der Waals surface area contributed by atoms with Crippen molar-refractivity contribution in [3.05, 3.63) is 18.3 Å². The van der Waals surface area contributed by atoms with Gasteiger partial charge in [-0.25, -0.2) is 18.2 Å². The van der Waals surface area contributed by atoms with Crippen LogP contribution in [-0.2, 0) is 14.8 Å². The first-order valence-electron chi connectivity index (χ1n) is 5.50. The molecule has 0 aromatic carbocycles. The van der Waals surface area contributed by atoms with E-state index < -0.39 is 21.7 Å². The molecule has 1 rings (SSSR count). The Kier molecular flexibility index (Phi) is 4.35. The van der Waals surface area contributed by atoms with Crippen molar-refractivity contribution in [2.45, 2.75) is 26.4 Å². The number of ether oxygens (including phenoxy) is 1. The highest BCUT2D eigenvalue weighted by Crippen LogP contribution is 2.19. The SMILES string of the molecule is CC(C)(C)OC(=O)Nc1ncccc1NS(C)(=O)=O. The molecule has 0 saturated carbocycles. The minimum absolute atomic E-state index is 0.0853. The summed E-state index contributed by atoms with van der Waals surface area (Å²) in [4.78, 5) is 15.5. The van der Waals surface area contributed by atoms with Crippen molar-refractivity contribution >= 4 is 27.6 Å². The van der Waals surface area contributed by atoms with Crippen LogP contribution in [0.25, 0.3) is 0 Å². The Balaban J connectivity index is 2.87. The predicted molar refractivity (Wildman–Crippen MR) is 72.6 cm³/mol. The lowest BCUT2D eigenvalue weighted by Crippen LogP contribution is -2.28. The molecule has 0 spiro atoms. The van der Waals surface area contributed by atoms with Gasteiger partial charge in [0.15, 0.2) is 5.82 Å². The molecule has 8 heteroatoms. The molecule has 0 fully saturated rings. The summed E-state index contributed by atoms with van der Waals surface area (Å²) >= 11 is 0. The minimum Gasteiger partial charge on any atom is -0.444 e. The summed E-state index contributed by atoms with van der Waals surface area (Å²) in [6.45, 7) is 5.17. The summed E-state index contributed by atoms with van der Waals surface area (Å²) in [5.41, 5.74) is -0.473. The number of carbonyl (C=O) groups is 1. The van der Waals surface area contributed by atoms with E-state index >= 15 is 0 Å². The fourth-order valence-corrected chi connectivity index (χ4v) is 1.75. The lowest BCUT2D eigenvalue weighted by atomic mass is 10.2. The molecule has 1 heterocycles. The second-order valence-corrected chi connectivity index (χ2v) is 6.65. The van der Waals surface area contributed by atoms with Crippen molar-refractivity contribution < 1.29 is 17.9 Å². The van der Waals surface area contributed by atoms with E-state index in [4.69, 9.17) is 4.74 Å². The van der Waals surface area contributed by atoms with Crippen LogP contribution >= 0.6 is 0 Å². The third kappa shape index (κ3) is 6.05. The number of sulfonamides is 1. The molecule has 0 aliphatic rings. The van der Waals surface area contributed by atoms with Gasteiger partial charge in [-0.15, -0.1) is 0 Å². The monoisotopic (exact) mass is 287 g/mol. The molecule has 2 N–H and O–H groups in total. The number of aromatic nitrogens is 1. The van der Waals surface area contributed by atoms with Crippen LogP contribution in [0.15, 0.2) is 18.3 Å². The van der Waals surface area contributed by atoms with Gasteiger partial charge in [-0.1, -0.05) is 0 Å². The van der Waals surface area contributed by atoms with E-state index in [2.05, 4.69) is 15.0 Å². The maximum Gasteiger partial charge on any atom is 0.413 e. The number of hydrogen-bond donors (Lipinski definition) is 2. The molecule has 0 aliphatic heterocycles. The molecule has 0 saturated heterocycles. The van der Waals surface area contributed by atoms with E-state index in [0.29, 0.717) is 0 Å². The first-order valence-corrected chi connectivity index (χ1v) is 7.39. The molecule has 1 amide bonds. The van der Waals surface area contributed by atoms with Crippen molar-refractivity contribution in [1.29, 1.82) is 0 Å². The van der Waals surface area contributed by atoms with Gasteiger partial charge in [-0.2, -0.15) is 0 Å². The molecule has 0 radical (unpaired) electrons. The van der Waals surface area contributed by atoms with E-state index in [0.717, 1.165) is 6.26 Å². The summed E-state index contributed by atoms with van der Waals surface area (Å²) in [5.74, 6) is 0.0853. The Morgan fingerprint density at radius 2 is 2.00 bits per heavy atom. The van der Waals surface area contributed by atoms with Crippen molar-refractivity contribution in [3.8, 4) is 0 Å². The van der Waals surface area contributed by atoms with E-state index in [1.165, 1.54) is 12.3 Å². The van der Waals surface area contributed by atoms with Crippen molar-refractivity contribution in [2.75, 3.05) is 16.3 Å². The maximum atomic E-state index is 11.6. The van der Waals surface area contributed by atoms with Crippen molar-refractivity contribution in [2.24, 2.45) is 0 Å². The van der Waals surface area contributed by atoms with Gasteiger partial charge in [0.05, 0.1) is 11.9 Å². The lowest BCUT2D eigenvalue weighted by molar-refractivity contribution is 0.0635. The number of nitrogens with one attached hydrogen (secondary N) is 2. The smallest absolute Gasteiger partial charge is 0.413 e. The summed E-state index contributed by atoms with van der Waals surface area (Å²) in [7, 11) is -3.45. The Morgan fingerprint density at radius 3 is 2.53 bits per heavy atom. The highest BCUT2D eigenvalue weighted by molar-refractivity contribution is 7.92. The van der Waals surface area contributed by atoms with Crippen LogP contribution in [0.1, 0.15) is 20.8 Å². The molecule has 106 valence electrons. The lowest BCUT2D eigenvalue weighted by Gasteiger charge is -2.20. The Bertz CT molecular complexity index is 564. The van der Waals surface area contributed by atoms with E-state index in [9.17, 15) is 13.2 Å². The Labute approximate surface area is 112 Å². The fourth-order valence-electron chi connectivity index (χ4n) is 1.19. The van der Waals surface area contributed by atoms with Crippen molar-refractivity contribution in [3.63, 3.8) is 0 Å². The van der Waals surface area contributed by atoms with Crippen LogP contribution in [0.4, 0.5) is 16.3 Å². The van der Waals surface area contributed by atoms with Crippen LogP contribution in [0.3, 0.4) is 0 Å². The molecular formula is C11H17N3O4S. The summed E-state index contributed by atoms with van der Waals surface area (Å²) in [6, 6.07) is 3.04. The summed E-state index contributed by atoms with van der Waals surface area (Å²) in [5, 5.41) is 2.39. The zero-order valence-electron chi connectivity index (χ0n) is 11.2. The number of rotatable bonds is 3. The average Bonchev–Trinajstić information content (AvgIpc) is 2.15. The third-order valence-electron chi connectivity index (χ3n) is 1.72. The molecule has 0 bridgehead atoms. The molecule has 1 aromatic heterocycles. The Hall–Kier alpha value is -1.83. The number of carbonyl (C=O) groups excluding carboxylic acids is 1. The minimum atomic E-state index is -3.45. The standard InChI is InChI=1S/C11H17N3O4S/c1-11(2,3)18-10(15)13-9-8(6-5-7-12-9)14-19(4,16)17/h5-7,14H,1-4H3,(H,12,13,15). The number of nitrogens with zero attached hydrogens (tertiary/aromatic N) is 1. The van der Waals surface area contributed by atoms with Gasteiger partial charge in [-0.05, 0) is 32.9 Å². The van der Waals surface area contributed by atoms with Crippen LogP contribution < -0.4 is 10.0 Å². The van der Waals surface area contributed by atoms with Crippen LogP contribution in [0, 0.1) is 0 Å². The maximum absolute atomic E-state index is 11.6. The second-order valence-electron chi connectivity index (χ2n) is 4.90. The van der Waals surface area contributed by atoms with Gasteiger partial charge in [0, 0.05) is 6.20 Å². The number of amides is 1. The third-order valence-corrected chi connectivity index (χ3v) is 2.31.